The second-order valence-electron chi connectivity index (χ2n) is 7.18. The van der Waals surface area contributed by atoms with Gasteiger partial charge in [-0.15, -0.1) is 6.58 Å². The maximum absolute atomic E-state index is 4.98. The Labute approximate surface area is 149 Å². The predicted octanol–water partition coefficient (Wildman–Crippen LogP) is 5.90. The van der Waals surface area contributed by atoms with Crippen molar-refractivity contribution in [1.29, 1.82) is 0 Å². The first-order chi connectivity index (χ1) is 11.5. The van der Waals surface area contributed by atoms with Crippen LogP contribution < -0.4 is 0 Å². The molecule has 0 radical (unpaired) electrons. The summed E-state index contributed by atoms with van der Waals surface area (Å²) in [4.78, 5) is 8.03. The summed E-state index contributed by atoms with van der Waals surface area (Å²) in [6, 6.07) is 8.46. The van der Waals surface area contributed by atoms with E-state index >= 15 is 0 Å². The van der Waals surface area contributed by atoms with E-state index < -0.39 is 0 Å². The van der Waals surface area contributed by atoms with Crippen molar-refractivity contribution in [3.05, 3.63) is 60.8 Å². The third-order valence-electron chi connectivity index (χ3n) is 5.71. The fourth-order valence-electron chi connectivity index (χ4n) is 4.24. The Morgan fingerprint density at radius 2 is 2.21 bits per heavy atom. The summed E-state index contributed by atoms with van der Waals surface area (Å²) in [6.45, 7) is 12.7. The molecule has 2 aromatic rings. The smallest absolute Gasteiger partial charge is 0.0765 e. The minimum absolute atomic E-state index is 0.0298. The van der Waals surface area contributed by atoms with Crippen molar-refractivity contribution in [3.8, 4) is 0 Å². The van der Waals surface area contributed by atoms with Gasteiger partial charge in [-0.05, 0) is 49.5 Å². The van der Waals surface area contributed by atoms with Gasteiger partial charge in [0.15, 0.2) is 0 Å². The van der Waals surface area contributed by atoms with Crippen molar-refractivity contribution >= 4 is 28.3 Å². The second kappa shape index (κ2) is 6.51. The van der Waals surface area contributed by atoms with Gasteiger partial charge in [-0.2, -0.15) is 0 Å². The SMILES string of the molecule is C=CC1(C)CCC(C(=C)C)C(c2c[nH]c3ccccc23)C1N=C=S. The number of fused-ring (bicyclic) bond motifs is 1. The zero-order valence-corrected chi connectivity index (χ0v) is 15.2. The number of aromatic amines is 1. The number of allylic oxidation sites excluding steroid dienone is 1. The molecule has 3 heteroatoms. The van der Waals surface area contributed by atoms with E-state index in [4.69, 9.17) is 12.2 Å². The standard InChI is InChI=1S/C21H24N2S/c1-5-21(4)11-10-15(14(2)3)19(20(21)23-13-24)17-12-22-18-9-7-6-8-16(17)18/h5-9,12,15,19-20,22H,1-2,10-11H2,3-4H3. The third-order valence-corrected chi connectivity index (χ3v) is 5.82. The number of aliphatic imine (C=N–C) groups is 1. The molecule has 0 spiro atoms. The van der Waals surface area contributed by atoms with E-state index in [-0.39, 0.29) is 17.4 Å². The summed E-state index contributed by atoms with van der Waals surface area (Å²) < 4.78 is 0. The molecular weight excluding hydrogens is 312 g/mol. The molecule has 4 unspecified atom stereocenters. The summed E-state index contributed by atoms with van der Waals surface area (Å²) >= 11 is 4.98. The fraction of sp³-hybridized carbons (Fsp3) is 0.381. The Morgan fingerprint density at radius 1 is 1.46 bits per heavy atom. The molecule has 1 fully saturated rings. The number of hydrogen-bond acceptors (Lipinski definition) is 2. The molecule has 1 aliphatic rings. The van der Waals surface area contributed by atoms with Gasteiger partial charge >= 0.3 is 0 Å². The highest BCUT2D eigenvalue weighted by Crippen LogP contribution is 2.52. The molecule has 1 N–H and O–H groups in total. The highest BCUT2D eigenvalue weighted by molar-refractivity contribution is 7.78. The van der Waals surface area contributed by atoms with Crippen LogP contribution in [0.4, 0.5) is 0 Å². The van der Waals surface area contributed by atoms with Gasteiger partial charge in [0.25, 0.3) is 0 Å². The number of rotatable bonds is 4. The number of benzene rings is 1. The number of nitrogens with one attached hydrogen (secondary N) is 1. The maximum Gasteiger partial charge on any atom is 0.0765 e. The summed E-state index contributed by atoms with van der Waals surface area (Å²) in [5, 5.41) is 3.90. The second-order valence-corrected chi connectivity index (χ2v) is 7.36. The van der Waals surface area contributed by atoms with Crippen LogP contribution in [0.5, 0.6) is 0 Å². The lowest BCUT2D eigenvalue weighted by Crippen LogP contribution is -2.42. The van der Waals surface area contributed by atoms with Crippen LogP contribution in [0.25, 0.3) is 10.9 Å². The molecule has 124 valence electrons. The number of hydrogen-bond donors (Lipinski definition) is 1. The van der Waals surface area contributed by atoms with Crippen LogP contribution in [0.1, 0.15) is 38.2 Å². The Balaban J connectivity index is 2.21. The number of thiocarbonyl (C=S) groups is 1. The Kier molecular flexibility index (Phi) is 4.58. The molecule has 1 heterocycles. The lowest BCUT2D eigenvalue weighted by molar-refractivity contribution is 0.174. The molecule has 0 saturated heterocycles. The highest BCUT2D eigenvalue weighted by atomic mass is 32.1. The quantitative estimate of drug-likeness (QED) is 0.420. The first kappa shape index (κ1) is 16.9. The van der Waals surface area contributed by atoms with Crippen molar-refractivity contribution in [3.63, 3.8) is 0 Å². The van der Waals surface area contributed by atoms with Crippen LogP contribution in [0, 0.1) is 11.3 Å². The van der Waals surface area contributed by atoms with Gasteiger partial charge in [-0.1, -0.05) is 43.4 Å². The van der Waals surface area contributed by atoms with Crippen molar-refractivity contribution in [1.82, 2.24) is 4.98 Å². The third kappa shape index (κ3) is 2.68. The van der Waals surface area contributed by atoms with Gasteiger partial charge in [0.05, 0.1) is 11.2 Å². The molecule has 1 aromatic heterocycles. The van der Waals surface area contributed by atoms with Gasteiger partial charge in [0, 0.05) is 28.4 Å². The zero-order valence-electron chi connectivity index (χ0n) is 14.4. The molecule has 0 aliphatic heterocycles. The van der Waals surface area contributed by atoms with Crippen molar-refractivity contribution in [2.45, 2.75) is 38.6 Å². The molecule has 0 bridgehead atoms. The lowest BCUT2D eigenvalue weighted by atomic mass is 9.59. The van der Waals surface area contributed by atoms with Crippen LogP contribution in [-0.4, -0.2) is 16.2 Å². The minimum Gasteiger partial charge on any atom is -0.361 e. The van der Waals surface area contributed by atoms with E-state index in [1.54, 1.807) is 0 Å². The molecule has 1 saturated carbocycles. The molecule has 4 atom stereocenters. The van der Waals surface area contributed by atoms with Crippen LogP contribution >= 0.6 is 12.2 Å². The summed E-state index contributed by atoms with van der Waals surface area (Å²) in [5.41, 5.74) is 3.58. The zero-order chi connectivity index (χ0) is 17.3. The van der Waals surface area contributed by atoms with Gasteiger partial charge in [-0.3, -0.25) is 0 Å². The first-order valence-corrected chi connectivity index (χ1v) is 8.84. The Bertz CT molecular complexity index is 827. The van der Waals surface area contributed by atoms with Gasteiger partial charge in [0.2, 0.25) is 0 Å². The first-order valence-electron chi connectivity index (χ1n) is 8.44. The number of para-hydroxylation sites is 1. The average Bonchev–Trinajstić information content (AvgIpc) is 3.00. The number of nitrogens with zero attached hydrogens (tertiary/aromatic N) is 1. The Morgan fingerprint density at radius 3 is 2.88 bits per heavy atom. The average molecular weight is 337 g/mol. The van der Waals surface area contributed by atoms with E-state index in [2.05, 4.69) is 72.6 Å². The lowest BCUT2D eigenvalue weighted by Gasteiger charge is -2.46. The van der Waals surface area contributed by atoms with E-state index in [0.717, 1.165) is 18.4 Å². The highest BCUT2D eigenvalue weighted by Gasteiger charge is 2.46. The van der Waals surface area contributed by atoms with E-state index in [9.17, 15) is 0 Å². The van der Waals surface area contributed by atoms with Crippen LogP contribution in [0.2, 0.25) is 0 Å². The van der Waals surface area contributed by atoms with Crippen LogP contribution in [0.3, 0.4) is 0 Å². The number of isothiocyanates is 1. The molecular formula is C21H24N2S. The van der Waals surface area contributed by atoms with Crippen molar-refractivity contribution < 1.29 is 0 Å². The topological polar surface area (TPSA) is 28.1 Å². The maximum atomic E-state index is 4.98. The molecule has 2 nitrogen and oxygen atoms in total. The molecule has 0 amide bonds. The number of H-pyrrole nitrogens is 1. The predicted molar refractivity (Wildman–Crippen MR) is 106 cm³/mol. The van der Waals surface area contributed by atoms with Gasteiger partial charge in [-0.25, -0.2) is 4.99 Å². The van der Waals surface area contributed by atoms with E-state index in [1.165, 1.54) is 16.5 Å². The molecule has 3 rings (SSSR count). The summed E-state index contributed by atoms with van der Waals surface area (Å²) in [6.07, 6.45) is 6.31. The molecule has 1 aromatic carbocycles. The monoisotopic (exact) mass is 336 g/mol. The van der Waals surface area contributed by atoms with Gasteiger partial charge in [0.1, 0.15) is 0 Å². The Hall–Kier alpha value is -1.96. The number of aromatic nitrogens is 1. The minimum atomic E-state index is -0.0825. The van der Waals surface area contributed by atoms with Crippen molar-refractivity contribution in [2.24, 2.45) is 16.3 Å². The van der Waals surface area contributed by atoms with E-state index in [1.807, 2.05) is 6.08 Å². The summed E-state index contributed by atoms with van der Waals surface area (Å²) in [7, 11) is 0. The van der Waals surface area contributed by atoms with Gasteiger partial charge < -0.3 is 4.98 Å². The molecule has 24 heavy (non-hydrogen) atoms. The fourth-order valence-corrected chi connectivity index (χ4v) is 4.35. The van der Waals surface area contributed by atoms with Crippen molar-refractivity contribution in [2.75, 3.05) is 0 Å². The van der Waals surface area contributed by atoms with Crippen LogP contribution in [-0.2, 0) is 0 Å². The van der Waals surface area contributed by atoms with E-state index in [0.29, 0.717) is 5.92 Å². The summed E-state index contributed by atoms with van der Waals surface area (Å²) in [5.74, 6) is 0.611. The largest absolute Gasteiger partial charge is 0.361 e. The molecule has 1 aliphatic carbocycles. The normalized spacial score (nSPS) is 29.8. The van der Waals surface area contributed by atoms with Crippen LogP contribution in [0.15, 0.2) is 60.3 Å².